The fourth-order valence-electron chi connectivity index (χ4n) is 2.50. The zero-order valence-electron chi connectivity index (χ0n) is 11.2. The van der Waals surface area contributed by atoms with Crippen LogP contribution in [0, 0.1) is 0 Å². The van der Waals surface area contributed by atoms with Gasteiger partial charge in [0.2, 0.25) is 5.89 Å². The Bertz CT molecular complexity index is 499. The molecule has 0 atom stereocenters. The molecular weight excluding hydrogens is 238 g/mol. The average Bonchev–Trinajstić information content (AvgIpc) is 3.02. The summed E-state index contributed by atoms with van der Waals surface area (Å²) in [6, 6.07) is 8.46. The number of rotatable bonds is 3. The molecule has 1 fully saturated rings. The number of aromatic nitrogens is 1. The Hall–Kier alpha value is -1.81. The molecule has 1 aliphatic rings. The number of benzene rings is 1. The molecule has 0 aliphatic carbocycles. The van der Waals surface area contributed by atoms with Gasteiger partial charge in [0.25, 0.3) is 0 Å². The highest BCUT2D eigenvalue weighted by molar-refractivity contribution is 5.59. The smallest absolute Gasteiger partial charge is 0.225 e. The molecule has 1 saturated heterocycles. The molecule has 0 amide bonds. The van der Waals surface area contributed by atoms with Crippen molar-refractivity contribution in [2.75, 3.05) is 37.6 Å². The first-order valence-electron chi connectivity index (χ1n) is 6.84. The monoisotopic (exact) mass is 257 g/mol. The lowest BCUT2D eigenvalue weighted by atomic mass is 10.2. The van der Waals surface area contributed by atoms with Crippen LogP contribution >= 0.6 is 0 Å². The van der Waals surface area contributed by atoms with Gasteiger partial charge < -0.3 is 14.2 Å². The van der Waals surface area contributed by atoms with Gasteiger partial charge in [-0.3, -0.25) is 0 Å². The van der Waals surface area contributed by atoms with E-state index in [2.05, 4.69) is 46.0 Å². The molecule has 0 saturated carbocycles. The lowest BCUT2D eigenvalue weighted by molar-refractivity contribution is 0.271. The molecule has 0 spiro atoms. The van der Waals surface area contributed by atoms with E-state index in [9.17, 15) is 0 Å². The summed E-state index contributed by atoms with van der Waals surface area (Å²) in [5.74, 6) is 0.683. The van der Waals surface area contributed by atoms with Crippen molar-refractivity contribution in [3.63, 3.8) is 0 Å². The molecule has 0 radical (unpaired) electrons. The first-order valence-corrected chi connectivity index (χ1v) is 6.84. The molecule has 0 bridgehead atoms. The van der Waals surface area contributed by atoms with Crippen LogP contribution in [0.1, 0.15) is 6.92 Å². The van der Waals surface area contributed by atoms with E-state index < -0.39 is 0 Å². The van der Waals surface area contributed by atoms with Gasteiger partial charge in [-0.2, -0.15) is 0 Å². The van der Waals surface area contributed by atoms with Gasteiger partial charge >= 0.3 is 0 Å². The van der Waals surface area contributed by atoms with Crippen LogP contribution in [0.2, 0.25) is 0 Å². The summed E-state index contributed by atoms with van der Waals surface area (Å²) in [4.78, 5) is 9.08. The molecule has 1 aliphatic heterocycles. The van der Waals surface area contributed by atoms with Crippen molar-refractivity contribution in [2.24, 2.45) is 0 Å². The molecule has 3 rings (SSSR count). The normalized spacial score (nSPS) is 16.8. The number of piperazine rings is 1. The number of likely N-dealkylation sites (N-methyl/N-ethyl adjacent to an activating group) is 1. The summed E-state index contributed by atoms with van der Waals surface area (Å²) in [6.07, 6.45) is 3.28. The van der Waals surface area contributed by atoms with Gasteiger partial charge in [0.05, 0.1) is 6.20 Å². The molecule has 1 aromatic heterocycles. The molecular formula is C15H19N3O. The second-order valence-corrected chi connectivity index (χ2v) is 4.81. The highest BCUT2D eigenvalue weighted by Crippen LogP contribution is 2.22. The minimum Gasteiger partial charge on any atom is -0.445 e. The lowest BCUT2D eigenvalue weighted by Crippen LogP contribution is -2.46. The first kappa shape index (κ1) is 12.2. The van der Waals surface area contributed by atoms with Crippen LogP contribution in [0.5, 0.6) is 0 Å². The number of oxazole rings is 1. The Morgan fingerprint density at radius 3 is 2.42 bits per heavy atom. The number of nitrogens with zero attached hydrogens (tertiary/aromatic N) is 3. The van der Waals surface area contributed by atoms with Crippen molar-refractivity contribution < 1.29 is 4.42 Å². The predicted molar refractivity (Wildman–Crippen MR) is 76.3 cm³/mol. The maximum Gasteiger partial charge on any atom is 0.225 e. The van der Waals surface area contributed by atoms with E-state index in [0.29, 0.717) is 5.89 Å². The van der Waals surface area contributed by atoms with Crippen LogP contribution in [-0.2, 0) is 0 Å². The van der Waals surface area contributed by atoms with Crippen molar-refractivity contribution in [1.82, 2.24) is 9.88 Å². The fraction of sp³-hybridized carbons (Fsp3) is 0.400. The average molecular weight is 257 g/mol. The number of hydrogen-bond acceptors (Lipinski definition) is 4. The summed E-state index contributed by atoms with van der Waals surface area (Å²) in [6.45, 7) is 7.88. The Kier molecular flexibility index (Phi) is 3.51. The first-order chi connectivity index (χ1) is 9.36. The molecule has 2 heterocycles. The van der Waals surface area contributed by atoms with Gasteiger partial charge in [-0.25, -0.2) is 4.98 Å². The van der Waals surface area contributed by atoms with E-state index in [4.69, 9.17) is 4.42 Å². The third-order valence-corrected chi connectivity index (χ3v) is 3.73. The van der Waals surface area contributed by atoms with Gasteiger partial charge in [0.1, 0.15) is 6.26 Å². The van der Waals surface area contributed by atoms with Crippen LogP contribution in [0.15, 0.2) is 41.1 Å². The Balaban J connectivity index is 1.70. The zero-order chi connectivity index (χ0) is 13.1. The molecule has 19 heavy (non-hydrogen) atoms. The highest BCUT2D eigenvalue weighted by Gasteiger charge is 2.15. The van der Waals surface area contributed by atoms with Gasteiger partial charge in [-0.15, -0.1) is 0 Å². The maximum absolute atomic E-state index is 5.30. The van der Waals surface area contributed by atoms with Gasteiger partial charge in [0, 0.05) is 37.4 Å². The minimum absolute atomic E-state index is 0.683. The van der Waals surface area contributed by atoms with E-state index in [1.807, 2.05) is 0 Å². The molecule has 0 unspecified atom stereocenters. The third kappa shape index (κ3) is 2.63. The standard InChI is InChI=1S/C15H19N3O/c1-2-17-8-10-18(11-9-17)14-5-3-13(4-6-14)15-16-7-12-19-15/h3-7,12H,2,8-11H2,1H3. The van der Waals surface area contributed by atoms with Crippen LogP contribution in [-0.4, -0.2) is 42.6 Å². The quantitative estimate of drug-likeness (QED) is 0.845. The topological polar surface area (TPSA) is 32.5 Å². The third-order valence-electron chi connectivity index (χ3n) is 3.73. The van der Waals surface area contributed by atoms with E-state index in [1.165, 1.54) is 5.69 Å². The fourth-order valence-corrected chi connectivity index (χ4v) is 2.50. The lowest BCUT2D eigenvalue weighted by Gasteiger charge is -2.35. The Morgan fingerprint density at radius 2 is 1.84 bits per heavy atom. The Morgan fingerprint density at radius 1 is 1.11 bits per heavy atom. The van der Waals surface area contributed by atoms with Crippen molar-refractivity contribution >= 4 is 5.69 Å². The van der Waals surface area contributed by atoms with Crippen LogP contribution in [0.3, 0.4) is 0 Å². The van der Waals surface area contributed by atoms with Crippen LogP contribution in [0.4, 0.5) is 5.69 Å². The minimum atomic E-state index is 0.683. The second kappa shape index (κ2) is 5.45. The predicted octanol–water partition coefficient (Wildman–Crippen LogP) is 2.48. The summed E-state index contributed by atoms with van der Waals surface area (Å²) in [5.41, 5.74) is 2.31. The van der Waals surface area contributed by atoms with Crippen LogP contribution in [0.25, 0.3) is 11.5 Å². The van der Waals surface area contributed by atoms with E-state index in [1.54, 1.807) is 12.5 Å². The van der Waals surface area contributed by atoms with E-state index >= 15 is 0 Å². The van der Waals surface area contributed by atoms with Crippen molar-refractivity contribution in [1.29, 1.82) is 0 Å². The van der Waals surface area contributed by atoms with Gasteiger partial charge in [0.15, 0.2) is 0 Å². The Labute approximate surface area is 113 Å². The summed E-state index contributed by atoms with van der Waals surface area (Å²) in [5, 5.41) is 0. The van der Waals surface area contributed by atoms with Crippen molar-refractivity contribution in [2.45, 2.75) is 6.92 Å². The largest absolute Gasteiger partial charge is 0.445 e. The highest BCUT2D eigenvalue weighted by atomic mass is 16.3. The summed E-state index contributed by atoms with van der Waals surface area (Å²) >= 11 is 0. The molecule has 1 aromatic carbocycles. The summed E-state index contributed by atoms with van der Waals surface area (Å²) in [7, 11) is 0. The van der Waals surface area contributed by atoms with Gasteiger partial charge in [-0.05, 0) is 30.8 Å². The summed E-state index contributed by atoms with van der Waals surface area (Å²) < 4.78 is 5.30. The molecule has 4 heteroatoms. The maximum atomic E-state index is 5.30. The molecule has 2 aromatic rings. The zero-order valence-corrected chi connectivity index (χ0v) is 11.2. The SMILES string of the molecule is CCN1CCN(c2ccc(-c3ncco3)cc2)CC1. The van der Waals surface area contributed by atoms with E-state index in [-0.39, 0.29) is 0 Å². The number of hydrogen-bond donors (Lipinski definition) is 0. The van der Waals surface area contributed by atoms with Gasteiger partial charge in [-0.1, -0.05) is 6.92 Å². The second-order valence-electron chi connectivity index (χ2n) is 4.81. The molecule has 0 N–H and O–H groups in total. The molecule has 100 valence electrons. The van der Waals surface area contributed by atoms with Crippen molar-refractivity contribution in [3.8, 4) is 11.5 Å². The molecule has 4 nitrogen and oxygen atoms in total. The van der Waals surface area contributed by atoms with Crippen LogP contribution < -0.4 is 4.90 Å². The van der Waals surface area contributed by atoms with Crippen molar-refractivity contribution in [3.05, 3.63) is 36.7 Å². The van der Waals surface area contributed by atoms with E-state index in [0.717, 1.165) is 38.3 Å². The number of anilines is 1.